The number of nitrogen functional groups attached to an aromatic ring is 1. The first-order chi connectivity index (χ1) is 12.4. The number of amides is 1. The zero-order valence-electron chi connectivity index (χ0n) is 14.4. The van der Waals surface area contributed by atoms with Crippen LogP contribution in [0, 0.1) is 5.41 Å². The van der Waals surface area contributed by atoms with Gasteiger partial charge in [0.1, 0.15) is 12.4 Å². The maximum atomic E-state index is 12.4. The fraction of sp³-hybridized carbons (Fsp3) is 0.294. The first-order valence-electron chi connectivity index (χ1n) is 8.07. The van der Waals surface area contributed by atoms with Gasteiger partial charge in [-0.1, -0.05) is 0 Å². The molecule has 0 bridgehead atoms. The Kier molecular flexibility index (Phi) is 6.31. The molecule has 0 radical (unpaired) electrons. The summed E-state index contributed by atoms with van der Waals surface area (Å²) in [5.41, 5.74) is 6.19. The van der Waals surface area contributed by atoms with Crippen molar-refractivity contribution in [3.63, 3.8) is 0 Å². The average molecular weight is 359 g/mol. The van der Waals surface area contributed by atoms with E-state index in [4.69, 9.17) is 15.9 Å². The summed E-state index contributed by atoms with van der Waals surface area (Å²) < 4.78 is 7.41. The summed E-state index contributed by atoms with van der Waals surface area (Å²) in [4.78, 5) is 35.5. The second-order valence-electron chi connectivity index (χ2n) is 5.44. The van der Waals surface area contributed by atoms with Crippen molar-refractivity contribution in [2.75, 3.05) is 13.2 Å². The Balaban J connectivity index is 1.98. The van der Waals surface area contributed by atoms with E-state index in [2.05, 4.69) is 5.32 Å². The Morgan fingerprint density at radius 2 is 1.92 bits per heavy atom. The van der Waals surface area contributed by atoms with Crippen molar-refractivity contribution in [1.29, 1.82) is 5.41 Å². The van der Waals surface area contributed by atoms with Crippen LogP contribution in [0.3, 0.4) is 0 Å². The van der Waals surface area contributed by atoms with Crippen molar-refractivity contribution in [3.8, 4) is 5.69 Å². The van der Waals surface area contributed by atoms with Crippen molar-refractivity contribution < 1.29 is 14.3 Å². The van der Waals surface area contributed by atoms with Gasteiger partial charge in [0.2, 0.25) is 5.91 Å². The van der Waals surface area contributed by atoms with Gasteiger partial charge >= 0.3 is 11.7 Å². The quantitative estimate of drug-likeness (QED) is 0.346. The zero-order chi connectivity index (χ0) is 19.1. The molecular weight excluding hydrogens is 338 g/mol. The number of carbonyl (C=O) groups is 2. The lowest BCUT2D eigenvalue weighted by molar-refractivity contribution is -0.143. The van der Waals surface area contributed by atoms with E-state index in [1.807, 2.05) is 0 Å². The number of benzene rings is 1. The highest BCUT2D eigenvalue weighted by Gasteiger charge is 2.10. The summed E-state index contributed by atoms with van der Waals surface area (Å²) >= 11 is 0. The molecule has 1 aromatic heterocycles. The standard InChI is InChI=1S/C17H21N5O4/c1-2-26-15(24)7-8-20-14(23)11-21-9-10-22(17(21)25)13-5-3-12(4-6-13)16(18)19/h3-6,9-10H,2,7-8,11H2,1H3,(H3,18,19)(H,20,23). The number of amidine groups is 1. The van der Waals surface area contributed by atoms with E-state index >= 15 is 0 Å². The van der Waals surface area contributed by atoms with Crippen LogP contribution in [0.5, 0.6) is 0 Å². The van der Waals surface area contributed by atoms with Gasteiger partial charge in [-0.05, 0) is 31.2 Å². The predicted octanol–water partition coefficient (Wildman–Crippen LogP) is -0.00753. The van der Waals surface area contributed by atoms with Crippen LogP contribution in [0.1, 0.15) is 18.9 Å². The normalized spacial score (nSPS) is 10.3. The highest BCUT2D eigenvalue weighted by molar-refractivity contribution is 5.95. The fourth-order valence-corrected chi connectivity index (χ4v) is 2.28. The molecule has 0 saturated heterocycles. The molecule has 0 aliphatic rings. The molecule has 138 valence electrons. The molecular formula is C17H21N5O4. The van der Waals surface area contributed by atoms with Crippen LogP contribution in [0.25, 0.3) is 5.69 Å². The lowest BCUT2D eigenvalue weighted by atomic mass is 10.2. The van der Waals surface area contributed by atoms with Crippen molar-refractivity contribution in [3.05, 3.63) is 52.7 Å². The number of rotatable bonds is 8. The van der Waals surface area contributed by atoms with Crippen LogP contribution in [0.2, 0.25) is 0 Å². The molecule has 1 heterocycles. The molecule has 4 N–H and O–H groups in total. The Bertz CT molecular complexity index is 851. The first kappa shape index (κ1) is 19.0. The number of nitrogens with zero attached hydrogens (tertiary/aromatic N) is 2. The molecule has 1 amide bonds. The molecule has 0 fully saturated rings. The van der Waals surface area contributed by atoms with Crippen LogP contribution in [0.15, 0.2) is 41.5 Å². The lowest BCUT2D eigenvalue weighted by Gasteiger charge is -2.06. The Morgan fingerprint density at radius 3 is 2.54 bits per heavy atom. The van der Waals surface area contributed by atoms with Gasteiger partial charge in [-0.25, -0.2) is 4.79 Å². The largest absolute Gasteiger partial charge is 0.466 e. The summed E-state index contributed by atoms with van der Waals surface area (Å²) in [6.45, 7) is 2.00. The highest BCUT2D eigenvalue weighted by atomic mass is 16.5. The third-order valence-corrected chi connectivity index (χ3v) is 3.57. The molecule has 0 saturated carbocycles. The average Bonchev–Trinajstić information content (AvgIpc) is 2.96. The van der Waals surface area contributed by atoms with E-state index < -0.39 is 0 Å². The Morgan fingerprint density at radius 1 is 1.23 bits per heavy atom. The SMILES string of the molecule is CCOC(=O)CCNC(=O)Cn1ccn(-c2ccc(C(=N)N)cc2)c1=O. The number of imidazole rings is 1. The van der Waals surface area contributed by atoms with Crippen molar-refractivity contribution in [1.82, 2.24) is 14.5 Å². The van der Waals surface area contributed by atoms with E-state index in [0.29, 0.717) is 17.9 Å². The summed E-state index contributed by atoms with van der Waals surface area (Å²) in [7, 11) is 0. The molecule has 0 atom stereocenters. The number of aromatic nitrogens is 2. The number of carbonyl (C=O) groups excluding carboxylic acids is 2. The van der Waals surface area contributed by atoms with E-state index in [1.165, 1.54) is 15.3 Å². The van der Waals surface area contributed by atoms with Gasteiger partial charge in [-0.15, -0.1) is 0 Å². The fourth-order valence-electron chi connectivity index (χ4n) is 2.28. The molecule has 26 heavy (non-hydrogen) atoms. The number of hydrogen-bond donors (Lipinski definition) is 3. The van der Waals surface area contributed by atoms with Crippen molar-refractivity contribution in [2.24, 2.45) is 5.73 Å². The van der Waals surface area contributed by atoms with Crippen LogP contribution >= 0.6 is 0 Å². The van der Waals surface area contributed by atoms with Crippen LogP contribution < -0.4 is 16.7 Å². The monoisotopic (exact) mass is 359 g/mol. The number of nitrogens with two attached hydrogens (primary N) is 1. The van der Waals surface area contributed by atoms with E-state index in [1.54, 1.807) is 37.4 Å². The summed E-state index contributed by atoms with van der Waals surface area (Å²) in [5, 5.41) is 9.94. The predicted molar refractivity (Wildman–Crippen MR) is 95.3 cm³/mol. The van der Waals surface area contributed by atoms with Gasteiger partial charge in [-0.2, -0.15) is 0 Å². The molecule has 0 aliphatic heterocycles. The maximum absolute atomic E-state index is 12.4. The lowest BCUT2D eigenvalue weighted by Crippen LogP contribution is -2.33. The van der Waals surface area contributed by atoms with Crippen LogP contribution in [-0.4, -0.2) is 40.0 Å². The number of ether oxygens (including phenoxy) is 1. The van der Waals surface area contributed by atoms with E-state index in [-0.39, 0.29) is 42.9 Å². The third kappa shape index (κ3) is 4.82. The number of hydrogen-bond acceptors (Lipinski definition) is 5. The minimum Gasteiger partial charge on any atom is -0.466 e. The van der Waals surface area contributed by atoms with E-state index in [0.717, 1.165) is 0 Å². The van der Waals surface area contributed by atoms with Crippen LogP contribution in [-0.2, 0) is 20.9 Å². The molecule has 9 nitrogen and oxygen atoms in total. The molecule has 1 aromatic carbocycles. The summed E-state index contributed by atoms with van der Waals surface area (Å²) in [6.07, 6.45) is 3.14. The Hall–Kier alpha value is -3.36. The molecule has 2 rings (SSSR count). The van der Waals surface area contributed by atoms with Gasteiger partial charge < -0.3 is 15.8 Å². The second-order valence-corrected chi connectivity index (χ2v) is 5.44. The van der Waals surface area contributed by atoms with Crippen molar-refractivity contribution in [2.45, 2.75) is 19.9 Å². The number of esters is 1. The number of nitrogens with one attached hydrogen (secondary N) is 2. The molecule has 0 aliphatic carbocycles. The summed E-state index contributed by atoms with van der Waals surface area (Å²) in [5.74, 6) is -0.813. The first-order valence-corrected chi connectivity index (χ1v) is 8.07. The minimum atomic E-state index is -0.384. The molecule has 9 heteroatoms. The van der Waals surface area contributed by atoms with Gasteiger partial charge in [0.15, 0.2) is 0 Å². The Labute approximate surface area is 149 Å². The van der Waals surface area contributed by atoms with Gasteiger partial charge in [0.25, 0.3) is 0 Å². The maximum Gasteiger partial charge on any atom is 0.333 e. The smallest absolute Gasteiger partial charge is 0.333 e. The summed E-state index contributed by atoms with van der Waals surface area (Å²) in [6, 6.07) is 6.62. The van der Waals surface area contributed by atoms with Crippen molar-refractivity contribution >= 4 is 17.7 Å². The minimum absolute atomic E-state index is 0.0547. The third-order valence-electron chi connectivity index (χ3n) is 3.57. The van der Waals surface area contributed by atoms with Gasteiger partial charge in [0.05, 0.1) is 18.7 Å². The topological polar surface area (TPSA) is 132 Å². The van der Waals surface area contributed by atoms with E-state index in [9.17, 15) is 14.4 Å². The zero-order valence-corrected chi connectivity index (χ0v) is 14.4. The van der Waals surface area contributed by atoms with Gasteiger partial charge in [-0.3, -0.25) is 24.1 Å². The molecule has 2 aromatic rings. The molecule has 0 spiro atoms. The van der Waals surface area contributed by atoms with Gasteiger partial charge in [0, 0.05) is 24.5 Å². The molecule has 0 unspecified atom stereocenters. The highest BCUT2D eigenvalue weighted by Crippen LogP contribution is 2.07. The second kappa shape index (κ2) is 8.65. The van der Waals surface area contributed by atoms with Crippen LogP contribution in [0.4, 0.5) is 0 Å².